The fraction of sp³-hybridized carbons (Fsp3) is 0.167. The molecule has 0 fully saturated rings. The van der Waals surface area contributed by atoms with Crippen LogP contribution >= 0.6 is 0 Å². The van der Waals surface area contributed by atoms with Gasteiger partial charge in [-0.1, -0.05) is 12.1 Å². The molecule has 0 saturated heterocycles. The van der Waals surface area contributed by atoms with Crippen molar-refractivity contribution in [1.29, 1.82) is 0 Å². The summed E-state index contributed by atoms with van der Waals surface area (Å²) in [6, 6.07) is 13.6. The SMILES string of the molecule is COc1ccccc1OCC(=O)NN=Cc1ccc(OCC(=O)O)cc1. The van der Waals surface area contributed by atoms with E-state index >= 15 is 0 Å². The molecule has 2 aromatic carbocycles. The number of carboxylic acids is 1. The summed E-state index contributed by atoms with van der Waals surface area (Å²) < 4.78 is 15.5. The molecular weight excluding hydrogens is 340 g/mol. The Bertz CT molecular complexity index is 774. The van der Waals surface area contributed by atoms with Crippen LogP contribution in [0.3, 0.4) is 0 Å². The molecule has 0 aromatic heterocycles. The van der Waals surface area contributed by atoms with E-state index in [4.69, 9.17) is 19.3 Å². The Hall–Kier alpha value is -3.55. The van der Waals surface area contributed by atoms with E-state index in [0.717, 1.165) is 0 Å². The number of amides is 1. The van der Waals surface area contributed by atoms with Crippen molar-refractivity contribution in [3.8, 4) is 17.2 Å². The first-order valence-corrected chi connectivity index (χ1v) is 7.61. The van der Waals surface area contributed by atoms with Crippen molar-refractivity contribution in [2.75, 3.05) is 20.3 Å². The largest absolute Gasteiger partial charge is 0.493 e. The Morgan fingerprint density at radius 2 is 1.73 bits per heavy atom. The van der Waals surface area contributed by atoms with Crippen LogP contribution in [0.15, 0.2) is 53.6 Å². The molecule has 0 heterocycles. The van der Waals surface area contributed by atoms with Gasteiger partial charge in [-0.15, -0.1) is 0 Å². The number of methoxy groups -OCH3 is 1. The molecule has 8 heteroatoms. The number of nitrogens with zero attached hydrogens (tertiary/aromatic N) is 1. The normalized spacial score (nSPS) is 10.3. The molecule has 26 heavy (non-hydrogen) atoms. The minimum atomic E-state index is -1.05. The molecule has 0 aliphatic heterocycles. The summed E-state index contributed by atoms with van der Waals surface area (Å²) in [6.07, 6.45) is 1.45. The first kappa shape index (κ1) is 18.8. The molecule has 0 saturated carbocycles. The van der Waals surface area contributed by atoms with E-state index in [0.29, 0.717) is 22.8 Å². The Morgan fingerprint density at radius 1 is 1.04 bits per heavy atom. The number of hydrazone groups is 1. The van der Waals surface area contributed by atoms with Gasteiger partial charge in [0.25, 0.3) is 5.91 Å². The Labute approximate surface area is 150 Å². The quantitative estimate of drug-likeness (QED) is 0.522. The summed E-state index contributed by atoms with van der Waals surface area (Å²) in [5, 5.41) is 12.4. The highest BCUT2D eigenvalue weighted by Gasteiger charge is 2.06. The smallest absolute Gasteiger partial charge is 0.341 e. The molecule has 0 spiro atoms. The van der Waals surface area contributed by atoms with Gasteiger partial charge in [-0.05, 0) is 42.0 Å². The van der Waals surface area contributed by atoms with Crippen LogP contribution in [0.1, 0.15) is 5.56 Å². The molecule has 0 bridgehead atoms. The highest BCUT2D eigenvalue weighted by molar-refractivity contribution is 5.83. The minimum absolute atomic E-state index is 0.209. The first-order chi connectivity index (χ1) is 12.6. The monoisotopic (exact) mass is 358 g/mol. The zero-order chi connectivity index (χ0) is 18.8. The molecule has 0 aliphatic rings. The standard InChI is InChI=1S/C18H18N2O6/c1-24-15-4-2-3-5-16(15)26-11-17(21)20-19-10-13-6-8-14(9-7-13)25-12-18(22)23/h2-10H,11-12H2,1H3,(H,20,21)(H,22,23). The van der Waals surface area contributed by atoms with Gasteiger partial charge in [0.05, 0.1) is 13.3 Å². The van der Waals surface area contributed by atoms with E-state index in [9.17, 15) is 9.59 Å². The summed E-state index contributed by atoms with van der Waals surface area (Å²) in [7, 11) is 1.52. The number of hydrogen-bond acceptors (Lipinski definition) is 6. The second kappa shape index (κ2) is 9.67. The predicted octanol–water partition coefficient (Wildman–Crippen LogP) is 1.69. The summed E-state index contributed by atoms with van der Waals surface area (Å²) in [5.74, 6) is -0.0406. The van der Waals surface area contributed by atoms with Gasteiger partial charge in [0, 0.05) is 0 Å². The van der Waals surface area contributed by atoms with E-state index < -0.39 is 18.5 Å². The van der Waals surface area contributed by atoms with Gasteiger partial charge in [-0.25, -0.2) is 10.2 Å². The molecule has 0 radical (unpaired) electrons. The predicted molar refractivity (Wildman–Crippen MR) is 93.8 cm³/mol. The molecule has 2 N–H and O–H groups in total. The molecule has 0 atom stereocenters. The zero-order valence-corrected chi connectivity index (χ0v) is 14.0. The number of nitrogens with one attached hydrogen (secondary N) is 1. The van der Waals surface area contributed by atoms with Crippen molar-refractivity contribution in [2.24, 2.45) is 5.10 Å². The van der Waals surface area contributed by atoms with Crippen LogP contribution < -0.4 is 19.6 Å². The summed E-state index contributed by atoms with van der Waals surface area (Å²) in [5.41, 5.74) is 3.06. The third-order valence-corrected chi connectivity index (χ3v) is 3.07. The van der Waals surface area contributed by atoms with Crippen molar-refractivity contribution >= 4 is 18.1 Å². The Kier molecular flexibility index (Phi) is 6.99. The molecule has 136 valence electrons. The number of benzene rings is 2. The molecule has 2 rings (SSSR count). The number of carboxylic acid groups (broad SMARTS) is 1. The van der Waals surface area contributed by atoms with E-state index in [-0.39, 0.29) is 6.61 Å². The molecule has 1 amide bonds. The number of carbonyl (C=O) groups is 2. The third kappa shape index (κ3) is 6.16. The van der Waals surface area contributed by atoms with Gasteiger partial charge in [-0.3, -0.25) is 4.79 Å². The molecule has 0 aliphatic carbocycles. The molecular formula is C18H18N2O6. The van der Waals surface area contributed by atoms with Gasteiger partial charge < -0.3 is 19.3 Å². The number of rotatable bonds is 9. The second-order valence-corrected chi connectivity index (χ2v) is 4.98. The van der Waals surface area contributed by atoms with Crippen molar-refractivity contribution in [3.05, 3.63) is 54.1 Å². The maximum absolute atomic E-state index is 11.7. The van der Waals surface area contributed by atoms with Gasteiger partial charge >= 0.3 is 5.97 Å². The molecule has 0 unspecified atom stereocenters. The highest BCUT2D eigenvalue weighted by atomic mass is 16.5. The maximum Gasteiger partial charge on any atom is 0.341 e. The fourth-order valence-electron chi connectivity index (χ4n) is 1.89. The lowest BCUT2D eigenvalue weighted by Gasteiger charge is -2.09. The zero-order valence-electron chi connectivity index (χ0n) is 14.0. The maximum atomic E-state index is 11.7. The first-order valence-electron chi connectivity index (χ1n) is 7.61. The van der Waals surface area contributed by atoms with Crippen molar-refractivity contribution in [3.63, 3.8) is 0 Å². The van der Waals surface area contributed by atoms with Crippen molar-refractivity contribution < 1.29 is 28.9 Å². The van der Waals surface area contributed by atoms with Gasteiger partial charge in [-0.2, -0.15) is 5.10 Å². The van der Waals surface area contributed by atoms with E-state index in [2.05, 4.69) is 10.5 Å². The van der Waals surface area contributed by atoms with E-state index in [1.54, 1.807) is 48.5 Å². The minimum Gasteiger partial charge on any atom is -0.493 e. The van der Waals surface area contributed by atoms with Crippen molar-refractivity contribution in [2.45, 2.75) is 0 Å². The van der Waals surface area contributed by atoms with Gasteiger partial charge in [0.2, 0.25) is 0 Å². The van der Waals surface area contributed by atoms with Gasteiger partial charge in [0.15, 0.2) is 24.7 Å². The number of hydrogen-bond donors (Lipinski definition) is 2. The average molecular weight is 358 g/mol. The van der Waals surface area contributed by atoms with Crippen LogP contribution in [0.25, 0.3) is 0 Å². The number of ether oxygens (including phenoxy) is 3. The number of aliphatic carboxylic acids is 1. The van der Waals surface area contributed by atoms with Crippen molar-refractivity contribution in [1.82, 2.24) is 5.43 Å². The average Bonchev–Trinajstić information content (AvgIpc) is 2.66. The number of carbonyl (C=O) groups excluding carboxylic acids is 1. The summed E-state index contributed by atoms with van der Waals surface area (Å²) >= 11 is 0. The Morgan fingerprint density at radius 3 is 2.38 bits per heavy atom. The lowest BCUT2D eigenvalue weighted by molar-refractivity contribution is -0.139. The molecule has 2 aromatic rings. The summed E-state index contributed by atoms with van der Waals surface area (Å²) in [6.45, 7) is -0.616. The molecule has 8 nitrogen and oxygen atoms in total. The summed E-state index contributed by atoms with van der Waals surface area (Å²) in [4.78, 5) is 22.2. The topological polar surface area (TPSA) is 106 Å². The lowest BCUT2D eigenvalue weighted by Crippen LogP contribution is -2.24. The van der Waals surface area contributed by atoms with E-state index in [1.165, 1.54) is 13.3 Å². The fourth-order valence-corrected chi connectivity index (χ4v) is 1.89. The second-order valence-electron chi connectivity index (χ2n) is 4.98. The van der Waals surface area contributed by atoms with Crippen LogP contribution in [-0.2, 0) is 9.59 Å². The van der Waals surface area contributed by atoms with Crippen LogP contribution in [0.2, 0.25) is 0 Å². The van der Waals surface area contributed by atoms with E-state index in [1.807, 2.05) is 0 Å². The van der Waals surface area contributed by atoms with Gasteiger partial charge in [0.1, 0.15) is 5.75 Å². The van der Waals surface area contributed by atoms with Crippen LogP contribution in [0, 0.1) is 0 Å². The Balaban J connectivity index is 1.78. The van der Waals surface area contributed by atoms with Crippen LogP contribution in [-0.4, -0.2) is 43.5 Å². The van der Waals surface area contributed by atoms with Crippen LogP contribution in [0.5, 0.6) is 17.2 Å². The highest BCUT2D eigenvalue weighted by Crippen LogP contribution is 2.25. The lowest BCUT2D eigenvalue weighted by atomic mass is 10.2. The third-order valence-electron chi connectivity index (χ3n) is 3.07. The van der Waals surface area contributed by atoms with Crippen LogP contribution in [0.4, 0.5) is 0 Å². The number of para-hydroxylation sites is 2.